The van der Waals surface area contributed by atoms with Crippen LogP contribution in [-0.4, -0.2) is 41.5 Å². The van der Waals surface area contributed by atoms with E-state index in [2.05, 4.69) is 34.1 Å². The summed E-state index contributed by atoms with van der Waals surface area (Å²) in [6, 6.07) is 7.49. The van der Waals surface area contributed by atoms with Crippen LogP contribution in [0.2, 0.25) is 0 Å². The fraction of sp³-hybridized carbons (Fsp3) is 0.176. The summed E-state index contributed by atoms with van der Waals surface area (Å²) in [4.78, 5) is 28.7. The number of carbonyl (C=O) groups excluding carboxylic acids is 2. The predicted molar refractivity (Wildman–Crippen MR) is 93.3 cm³/mol. The number of hydrogen-bond acceptors (Lipinski definition) is 3. The van der Waals surface area contributed by atoms with Crippen molar-refractivity contribution in [1.29, 1.82) is 0 Å². The number of nitrogens with zero attached hydrogens (tertiary/aromatic N) is 1. The maximum Gasteiger partial charge on any atom is 0.356 e. The molecule has 0 fully saturated rings. The van der Waals surface area contributed by atoms with Crippen molar-refractivity contribution in [2.45, 2.75) is 0 Å². The Morgan fingerprint density at radius 2 is 1.87 bits per heavy atom. The van der Waals surface area contributed by atoms with E-state index in [1.165, 1.54) is 4.90 Å². The topological polar surface area (TPSA) is 62.4 Å². The molecule has 0 aliphatic heterocycles. The van der Waals surface area contributed by atoms with Gasteiger partial charge in [-0.2, -0.15) is 0 Å². The summed E-state index contributed by atoms with van der Waals surface area (Å²) in [5, 5.41) is 0.880. The number of amides is 1. The number of rotatable bonds is 7. The molecule has 120 valence electrons. The van der Waals surface area contributed by atoms with E-state index in [1.807, 2.05) is 24.3 Å². The first kappa shape index (κ1) is 17.0. The van der Waals surface area contributed by atoms with Gasteiger partial charge >= 0.3 is 5.97 Å². The van der Waals surface area contributed by atoms with E-state index < -0.39 is 5.97 Å². The van der Waals surface area contributed by atoms with Crippen LogP contribution in [0.4, 0.5) is 0 Å². The molecule has 0 aliphatic rings. The van der Waals surface area contributed by atoms with E-state index >= 15 is 0 Å². The Morgan fingerprint density at radius 1 is 1.22 bits per heavy atom. The van der Waals surface area contributed by atoms with Crippen molar-refractivity contribution in [3.8, 4) is 0 Å². The molecule has 1 amide bonds. The Labute approximate surface area is 142 Å². The molecule has 2 aromatic rings. The summed E-state index contributed by atoms with van der Waals surface area (Å²) < 4.78 is 5.74. The summed E-state index contributed by atoms with van der Waals surface area (Å²) in [6.45, 7) is 7.61. The van der Waals surface area contributed by atoms with Crippen molar-refractivity contribution in [1.82, 2.24) is 9.88 Å². The number of para-hydroxylation sites is 1. The zero-order valence-corrected chi connectivity index (χ0v) is 14.1. The number of carbonyl (C=O) groups is 2. The number of aromatic nitrogens is 1. The lowest BCUT2D eigenvalue weighted by Gasteiger charge is -2.18. The van der Waals surface area contributed by atoms with Crippen LogP contribution in [0.3, 0.4) is 0 Å². The molecule has 23 heavy (non-hydrogen) atoms. The van der Waals surface area contributed by atoms with Crippen molar-refractivity contribution >= 4 is 38.7 Å². The molecule has 1 aromatic heterocycles. The van der Waals surface area contributed by atoms with Crippen LogP contribution in [0.5, 0.6) is 0 Å². The number of nitrogens with one attached hydrogen (secondary N) is 1. The fourth-order valence-corrected chi connectivity index (χ4v) is 2.74. The molecule has 0 atom stereocenters. The number of esters is 1. The third-order valence-electron chi connectivity index (χ3n) is 3.23. The second-order valence-electron chi connectivity index (χ2n) is 4.81. The fourth-order valence-electron chi connectivity index (χ4n) is 2.13. The van der Waals surface area contributed by atoms with E-state index in [9.17, 15) is 9.59 Å². The molecule has 0 bridgehead atoms. The van der Waals surface area contributed by atoms with Crippen LogP contribution in [0.25, 0.3) is 10.9 Å². The third kappa shape index (κ3) is 3.90. The van der Waals surface area contributed by atoms with Gasteiger partial charge in [-0.1, -0.05) is 30.4 Å². The average Bonchev–Trinajstić information content (AvgIpc) is 2.89. The standard InChI is InChI=1S/C17H17BrN2O3/c1-3-9-20(10-4-2)14(21)11-23-17(22)16-15(18)12-7-5-6-8-13(12)19-16/h3-8,19H,1-2,9-11H2. The summed E-state index contributed by atoms with van der Waals surface area (Å²) in [7, 11) is 0. The Morgan fingerprint density at radius 3 is 2.48 bits per heavy atom. The van der Waals surface area contributed by atoms with Crippen molar-refractivity contribution < 1.29 is 14.3 Å². The summed E-state index contributed by atoms with van der Waals surface area (Å²) >= 11 is 3.38. The SMILES string of the molecule is C=CCN(CC=C)C(=O)COC(=O)c1[nH]c2ccccc2c1Br. The number of hydrogen-bond donors (Lipinski definition) is 1. The van der Waals surface area contributed by atoms with E-state index in [1.54, 1.807) is 12.2 Å². The molecule has 0 spiro atoms. The Hall–Kier alpha value is -2.34. The highest BCUT2D eigenvalue weighted by atomic mass is 79.9. The van der Waals surface area contributed by atoms with E-state index in [4.69, 9.17) is 4.74 Å². The van der Waals surface area contributed by atoms with Crippen molar-refractivity contribution in [3.63, 3.8) is 0 Å². The molecule has 1 N–H and O–H groups in total. The minimum Gasteiger partial charge on any atom is -0.451 e. The van der Waals surface area contributed by atoms with Gasteiger partial charge in [-0.05, 0) is 22.0 Å². The van der Waals surface area contributed by atoms with E-state index in [0.717, 1.165) is 10.9 Å². The molecular weight excluding hydrogens is 360 g/mol. The van der Waals surface area contributed by atoms with Gasteiger partial charge in [0.05, 0.1) is 4.47 Å². The summed E-state index contributed by atoms with van der Waals surface area (Å²) in [5.74, 6) is -0.885. The normalized spacial score (nSPS) is 10.3. The Kier molecular flexibility index (Phi) is 5.76. The minimum atomic E-state index is -0.585. The first-order valence-electron chi connectivity index (χ1n) is 7.01. The van der Waals surface area contributed by atoms with E-state index in [0.29, 0.717) is 17.6 Å². The van der Waals surface area contributed by atoms with Gasteiger partial charge < -0.3 is 14.6 Å². The van der Waals surface area contributed by atoms with Crippen LogP contribution >= 0.6 is 15.9 Å². The lowest BCUT2D eigenvalue weighted by molar-refractivity contribution is -0.133. The highest BCUT2D eigenvalue weighted by molar-refractivity contribution is 9.10. The number of benzene rings is 1. The maximum absolute atomic E-state index is 12.2. The van der Waals surface area contributed by atoms with Gasteiger partial charge in [0.1, 0.15) is 5.69 Å². The lowest BCUT2D eigenvalue weighted by atomic mass is 10.2. The van der Waals surface area contributed by atoms with Gasteiger partial charge in [-0.15, -0.1) is 13.2 Å². The van der Waals surface area contributed by atoms with Crippen LogP contribution in [0.15, 0.2) is 54.0 Å². The smallest absolute Gasteiger partial charge is 0.356 e. The molecule has 0 radical (unpaired) electrons. The van der Waals surface area contributed by atoms with Crippen LogP contribution < -0.4 is 0 Å². The molecule has 0 aliphatic carbocycles. The summed E-state index contributed by atoms with van der Waals surface area (Å²) in [6.07, 6.45) is 3.22. The second-order valence-corrected chi connectivity index (χ2v) is 5.60. The maximum atomic E-state index is 12.2. The molecular formula is C17H17BrN2O3. The molecule has 0 saturated heterocycles. The largest absolute Gasteiger partial charge is 0.451 e. The van der Waals surface area contributed by atoms with Gasteiger partial charge in [0.2, 0.25) is 0 Å². The molecule has 6 heteroatoms. The average molecular weight is 377 g/mol. The number of H-pyrrole nitrogens is 1. The van der Waals surface area contributed by atoms with Crippen molar-refractivity contribution in [2.24, 2.45) is 0 Å². The monoisotopic (exact) mass is 376 g/mol. The van der Waals surface area contributed by atoms with E-state index in [-0.39, 0.29) is 18.2 Å². The van der Waals surface area contributed by atoms with Gasteiger partial charge in [0.15, 0.2) is 6.61 Å². The Bertz CT molecular complexity index is 741. The first-order chi connectivity index (χ1) is 11.1. The molecule has 1 aromatic carbocycles. The highest BCUT2D eigenvalue weighted by Gasteiger charge is 2.19. The van der Waals surface area contributed by atoms with Crippen molar-refractivity contribution in [3.05, 3.63) is 59.7 Å². The first-order valence-corrected chi connectivity index (χ1v) is 7.80. The van der Waals surface area contributed by atoms with Gasteiger partial charge in [0, 0.05) is 24.0 Å². The number of halogens is 1. The highest BCUT2D eigenvalue weighted by Crippen LogP contribution is 2.28. The van der Waals surface area contributed by atoms with Gasteiger partial charge in [0.25, 0.3) is 5.91 Å². The van der Waals surface area contributed by atoms with Crippen molar-refractivity contribution in [2.75, 3.05) is 19.7 Å². The molecule has 1 heterocycles. The van der Waals surface area contributed by atoms with Crippen LogP contribution in [0.1, 0.15) is 10.5 Å². The quantitative estimate of drug-likeness (QED) is 0.595. The predicted octanol–water partition coefficient (Wildman–Crippen LogP) is 3.29. The molecule has 5 nitrogen and oxygen atoms in total. The number of fused-ring (bicyclic) bond motifs is 1. The van der Waals surface area contributed by atoms with Gasteiger partial charge in [-0.3, -0.25) is 4.79 Å². The number of ether oxygens (including phenoxy) is 1. The Balaban J connectivity index is 2.06. The van der Waals surface area contributed by atoms with Gasteiger partial charge in [-0.25, -0.2) is 4.79 Å². The third-order valence-corrected chi connectivity index (χ3v) is 4.05. The zero-order chi connectivity index (χ0) is 16.8. The number of aromatic amines is 1. The summed E-state index contributed by atoms with van der Waals surface area (Å²) in [5.41, 5.74) is 1.11. The molecule has 0 unspecified atom stereocenters. The molecule has 0 saturated carbocycles. The minimum absolute atomic E-state index is 0.290. The molecule has 2 rings (SSSR count). The van der Waals surface area contributed by atoms with Crippen LogP contribution in [-0.2, 0) is 9.53 Å². The zero-order valence-electron chi connectivity index (χ0n) is 12.5. The lowest BCUT2D eigenvalue weighted by Crippen LogP contribution is -2.35. The second kappa shape index (κ2) is 7.78. The van der Waals surface area contributed by atoms with Crippen LogP contribution in [0, 0.1) is 0 Å².